The number of carboxylic acid groups (broad SMARTS) is 1. The average Bonchev–Trinajstić information content (AvgIpc) is 2.99. The van der Waals surface area contributed by atoms with E-state index in [1.54, 1.807) is 24.4 Å². The van der Waals surface area contributed by atoms with Crippen LogP contribution in [0.2, 0.25) is 0 Å². The summed E-state index contributed by atoms with van der Waals surface area (Å²) >= 11 is 0. The quantitative estimate of drug-likeness (QED) is 0.794. The molecule has 0 saturated heterocycles. The van der Waals surface area contributed by atoms with Crippen molar-refractivity contribution in [1.82, 2.24) is 4.57 Å². The molecule has 0 aliphatic rings. The van der Waals surface area contributed by atoms with Gasteiger partial charge in [0.1, 0.15) is 6.07 Å². The largest absolute Gasteiger partial charge is 0.478 e. The van der Waals surface area contributed by atoms with Crippen LogP contribution in [0.3, 0.4) is 0 Å². The second-order valence-corrected chi connectivity index (χ2v) is 5.28. The molecule has 0 amide bonds. The van der Waals surface area contributed by atoms with E-state index >= 15 is 0 Å². The van der Waals surface area contributed by atoms with Crippen LogP contribution in [0.25, 0.3) is 16.8 Å². The predicted molar refractivity (Wildman–Crippen MR) is 87.6 cm³/mol. The lowest BCUT2D eigenvalue weighted by Gasteiger charge is -2.08. The molecule has 0 atom stereocenters. The molecule has 0 spiro atoms. The van der Waals surface area contributed by atoms with Gasteiger partial charge in [-0.15, -0.1) is 0 Å². The van der Waals surface area contributed by atoms with Crippen molar-refractivity contribution in [2.24, 2.45) is 0 Å². The van der Waals surface area contributed by atoms with E-state index in [9.17, 15) is 10.1 Å². The van der Waals surface area contributed by atoms with Gasteiger partial charge in [-0.1, -0.05) is 30.3 Å². The fourth-order valence-electron chi connectivity index (χ4n) is 2.61. The predicted octanol–water partition coefficient (Wildman–Crippen LogP) is 4.02. The molecule has 3 aromatic rings. The third kappa shape index (κ3) is 2.72. The number of hydrogen-bond acceptors (Lipinski definition) is 2. The maximum atomic E-state index is 11.0. The number of carbonyl (C=O) groups is 1. The molecule has 0 saturated carbocycles. The van der Waals surface area contributed by atoms with Crippen LogP contribution in [0.1, 0.15) is 21.5 Å². The highest BCUT2D eigenvalue weighted by Gasteiger charge is 2.12. The molecule has 0 aliphatic carbocycles. The van der Waals surface area contributed by atoms with E-state index < -0.39 is 5.97 Å². The van der Waals surface area contributed by atoms with E-state index in [2.05, 4.69) is 6.07 Å². The number of nitrogens with zero attached hydrogens (tertiary/aromatic N) is 2. The van der Waals surface area contributed by atoms with E-state index in [0.29, 0.717) is 5.56 Å². The minimum atomic E-state index is -0.949. The third-order valence-corrected chi connectivity index (χ3v) is 3.75. The lowest BCUT2D eigenvalue weighted by atomic mass is 10.1. The lowest BCUT2D eigenvalue weighted by molar-refractivity contribution is 0.0697. The first-order chi connectivity index (χ1) is 11.1. The summed E-state index contributed by atoms with van der Waals surface area (Å²) in [6, 6.07) is 16.9. The fraction of sp³-hybridized carbons (Fsp3) is 0.0526. The minimum absolute atomic E-state index is 0.252. The van der Waals surface area contributed by atoms with Crippen LogP contribution in [-0.2, 0) is 0 Å². The highest BCUT2D eigenvalue weighted by Crippen LogP contribution is 2.27. The summed E-state index contributed by atoms with van der Waals surface area (Å²) in [6.07, 6.45) is 3.67. The maximum absolute atomic E-state index is 11.0. The summed E-state index contributed by atoms with van der Waals surface area (Å²) < 4.78 is 1.86. The molecule has 112 valence electrons. The molecule has 2 aromatic carbocycles. The molecular formula is C19H14N2O2. The summed E-state index contributed by atoms with van der Waals surface area (Å²) in [7, 11) is 0. The van der Waals surface area contributed by atoms with Crippen molar-refractivity contribution in [3.63, 3.8) is 0 Å². The molecule has 3 rings (SSSR count). The first-order valence-corrected chi connectivity index (χ1v) is 7.12. The highest BCUT2D eigenvalue weighted by molar-refractivity contribution is 5.88. The Kier molecular flexibility index (Phi) is 3.70. The summed E-state index contributed by atoms with van der Waals surface area (Å²) in [5.41, 5.74) is 4.36. The van der Waals surface area contributed by atoms with Crippen LogP contribution in [-0.4, -0.2) is 15.6 Å². The number of aromatic nitrogens is 1. The second kappa shape index (κ2) is 5.82. The number of rotatable bonds is 3. The Bertz CT molecular complexity index is 918. The van der Waals surface area contributed by atoms with Crippen LogP contribution in [0.4, 0.5) is 0 Å². The van der Waals surface area contributed by atoms with Crippen molar-refractivity contribution in [3.05, 3.63) is 77.6 Å². The van der Waals surface area contributed by atoms with Gasteiger partial charge in [-0.05, 0) is 36.2 Å². The van der Waals surface area contributed by atoms with Crippen molar-refractivity contribution >= 4 is 5.97 Å². The molecule has 0 bridgehead atoms. The van der Waals surface area contributed by atoms with Crippen molar-refractivity contribution in [2.45, 2.75) is 6.92 Å². The summed E-state index contributed by atoms with van der Waals surface area (Å²) in [5, 5.41) is 18.4. The Morgan fingerprint density at radius 3 is 2.48 bits per heavy atom. The van der Waals surface area contributed by atoms with Crippen molar-refractivity contribution in [2.75, 3.05) is 0 Å². The van der Waals surface area contributed by atoms with E-state index in [-0.39, 0.29) is 5.56 Å². The zero-order chi connectivity index (χ0) is 16.4. The Morgan fingerprint density at radius 2 is 1.87 bits per heavy atom. The standard InChI is InChI=1S/C19H14N2O2/c1-13-9-15(19(22)23)7-8-18(13)21-11-16(10-20)17(12-21)14-5-3-2-4-6-14/h2-9,11-12H,1H3,(H,22,23). The normalized spacial score (nSPS) is 10.3. The Hall–Kier alpha value is -3.32. The van der Waals surface area contributed by atoms with E-state index in [4.69, 9.17) is 5.11 Å². The first kappa shape index (κ1) is 14.6. The van der Waals surface area contributed by atoms with Crippen molar-refractivity contribution < 1.29 is 9.90 Å². The number of carboxylic acids is 1. The van der Waals surface area contributed by atoms with Gasteiger partial charge in [0.25, 0.3) is 0 Å². The Labute approximate surface area is 133 Å². The number of nitriles is 1. The molecule has 0 radical (unpaired) electrons. The SMILES string of the molecule is Cc1cc(C(=O)O)ccc1-n1cc(C#N)c(-c2ccccc2)c1. The minimum Gasteiger partial charge on any atom is -0.478 e. The van der Waals surface area contributed by atoms with Gasteiger partial charge in [0.05, 0.1) is 11.1 Å². The Balaban J connectivity index is 2.11. The molecule has 1 aromatic heterocycles. The molecule has 23 heavy (non-hydrogen) atoms. The number of benzene rings is 2. The topological polar surface area (TPSA) is 66.0 Å². The first-order valence-electron chi connectivity index (χ1n) is 7.12. The van der Waals surface area contributed by atoms with Crippen LogP contribution in [0, 0.1) is 18.3 Å². The van der Waals surface area contributed by atoms with Gasteiger partial charge in [-0.25, -0.2) is 4.79 Å². The zero-order valence-electron chi connectivity index (χ0n) is 12.5. The van der Waals surface area contributed by atoms with Crippen LogP contribution in [0.15, 0.2) is 60.9 Å². The molecular weight excluding hydrogens is 288 g/mol. The van der Waals surface area contributed by atoms with Crippen molar-refractivity contribution in [3.8, 4) is 22.9 Å². The molecule has 0 aliphatic heterocycles. The van der Waals surface area contributed by atoms with Crippen LogP contribution < -0.4 is 0 Å². The highest BCUT2D eigenvalue weighted by atomic mass is 16.4. The van der Waals surface area contributed by atoms with Gasteiger partial charge >= 0.3 is 5.97 Å². The van der Waals surface area contributed by atoms with Crippen LogP contribution in [0.5, 0.6) is 0 Å². The van der Waals surface area contributed by atoms with Crippen LogP contribution >= 0.6 is 0 Å². The van der Waals surface area contributed by atoms with Gasteiger partial charge in [-0.2, -0.15) is 5.26 Å². The monoisotopic (exact) mass is 302 g/mol. The molecule has 1 N–H and O–H groups in total. The summed E-state index contributed by atoms with van der Waals surface area (Å²) in [6.45, 7) is 1.86. The lowest BCUT2D eigenvalue weighted by Crippen LogP contribution is -2.00. The number of aromatic carboxylic acids is 1. The summed E-state index contributed by atoms with van der Waals surface area (Å²) in [4.78, 5) is 11.0. The Morgan fingerprint density at radius 1 is 1.13 bits per heavy atom. The molecule has 1 heterocycles. The average molecular weight is 302 g/mol. The second-order valence-electron chi connectivity index (χ2n) is 5.28. The van der Waals surface area contributed by atoms with Gasteiger partial charge < -0.3 is 9.67 Å². The van der Waals surface area contributed by atoms with E-state index in [0.717, 1.165) is 22.4 Å². The van der Waals surface area contributed by atoms with Gasteiger partial charge in [0.15, 0.2) is 0 Å². The van der Waals surface area contributed by atoms with Gasteiger partial charge in [-0.3, -0.25) is 0 Å². The number of aryl methyl sites for hydroxylation is 1. The van der Waals surface area contributed by atoms with E-state index in [1.165, 1.54) is 0 Å². The maximum Gasteiger partial charge on any atom is 0.335 e. The van der Waals surface area contributed by atoms with Crippen molar-refractivity contribution in [1.29, 1.82) is 5.26 Å². The zero-order valence-corrected chi connectivity index (χ0v) is 12.5. The summed E-state index contributed by atoms with van der Waals surface area (Å²) in [5.74, 6) is -0.949. The number of hydrogen-bond donors (Lipinski definition) is 1. The van der Waals surface area contributed by atoms with Gasteiger partial charge in [0.2, 0.25) is 0 Å². The smallest absolute Gasteiger partial charge is 0.335 e. The fourth-order valence-corrected chi connectivity index (χ4v) is 2.61. The molecule has 0 unspecified atom stereocenters. The third-order valence-electron chi connectivity index (χ3n) is 3.75. The molecule has 4 heteroatoms. The molecule has 0 fully saturated rings. The van der Waals surface area contributed by atoms with E-state index in [1.807, 2.05) is 48.0 Å². The molecule has 4 nitrogen and oxygen atoms in total. The van der Waals surface area contributed by atoms with Gasteiger partial charge in [0, 0.05) is 23.6 Å².